The van der Waals surface area contributed by atoms with Gasteiger partial charge in [0.1, 0.15) is 11.6 Å². The fraction of sp³-hybridized carbons (Fsp3) is 0.100. The Hall–Kier alpha value is -3.77. The summed E-state index contributed by atoms with van der Waals surface area (Å²) < 4.78 is 37.5. The topological polar surface area (TPSA) is 123 Å². The third kappa shape index (κ3) is 1.91. The van der Waals surface area contributed by atoms with Gasteiger partial charge in [-0.05, 0) is 18.2 Å². The number of benzene rings is 2. The number of carbonyl (C=O) groups is 1. The van der Waals surface area contributed by atoms with Crippen LogP contribution in [0.25, 0.3) is 5.76 Å². The van der Waals surface area contributed by atoms with Crippen LogP contribution in [0.3, 0.4) is 0 Å². The first kappa shape index (κ1) is 17.3. The lowest BCUT2D eigenvalue weighted by atomic mass is 9.73. The Balaban J connectivity index is 2.00. The molecule has 2 aromatic carbocycles. The van der Waals surface area contributed by atoms with E-state index in [9.17, 15) is 18.5 Å². The van der Waals surface area contributed by atoms with E-state index in [1.165, 1.54) is 18.0 Å². The number of hydrogen-bond donors (Lipinski definition) is 1. The molecule has 0 radical (unpaired) electrons. The van der Waals surface area contributed by atoms with Crippen LogP contribution in [0.2, 0.25) is 0 Å². The van der Waals surface area contributed by atoms with E-state index < -0.39 is 26.3 Å². The quantitative estimate of drug-likeness (QED) is 0.660. The fourth-order valence-corrected chi connectivity index (χ4v) is 5.72. The Morgan fingerprint density at radius 1 is 1.14 bits per heavy atom. The SMILES string of the molecule is CN1C(=O)C2(C(C#N)=C(N)OC3=C2S(=O)(=O)Oc2ccccc23)c2ccccc21. The first-order valence-corrected chi connectivity index (χ1v) is 9.99. The molecule has 29 heavy (non-hydrogen) atoms. The maximum atomic E-state index is 13.6. The van der Waals surface area contributed by atoms with Gasteiger partial charge in [-0.3, -0.25) is 4.79 Å². The average molecular weight is 407 g/mol. The predicted octanol–water partition coefficient (Wildman–Crippen LogP) is 1.72. The van der Waals surface area contributed by atoms with Gasteiger partial charge in [-0.2, -0.15) is 13.7 Å². The van der Waals surface area contributed by atoms with Gasteiger partial charge < -0.3 is 19.6 Å². The van der Waals surface area contributed by atoms with Crippen LogP contribution in [0.4, 0.5) is 5.69 Å². The molecule has 0 saturated carbocycles. The standard InChI is InChI=1S/C20H13N3O5S/c1-23-14-8-4-3-7-12(14)20(19(23)24)13(10-21)18(22)27-16-11-6-2-5-9-15(11)28-29(25,26)17(16)20/h2-9H,22H2,1H3. The van der Waals surface area contributed by atoms with Crippen LogP contribution in [-0.4, -0.2) is 21.4 Å². The molecule has 2 aromatic rings. The van der Waals surface area contributed by atoms with Gasteiger partial charge in [0.05, 0.1) is 5.56 Å². The number of nitrogens with zero attached hydrogens (tertiary/aromatic N) is 2. The lowest BCUT2D eigenvalue weighted by Gasteiger charge is -2.37. The molecular formula is C20H13N3O5S. The van der Waals surface area contributed by atoms with Crippen molar-refractivity contribution in [2.75, 3.05) is 11.9 Å². The molecule has 0 bridgehead atoms. The van der Waals surface area contributed by atoms with E-state index >= 15 is 0 Å². The second kappa shape index (κ2) is 5.40. The summed E-state index contributed by atoms with van der Waals surface area (Å²) in [4.78, 5) is 14.5. The number of rotatable bonds is 0. The van der Waals surface area contributed by atoms with Gasteiger partial charge >= 0.3 is 10.1 Å². The lowest BCUT2D eigenvalue weighted by Crippen LogP contribution is -2.48. The van der Waals surface area contributed by atoms with E-state index in [0.29, 0.717) is 16.8 Å². The molecule has 2 N–H and O–H groups in total. The van der Waals surface area contributed by atoms with Gasteiger partial charge in [0.15, 0.2) is 21.8 Å². The first-order chi connectivity index (χ1) is 13.8. The normalized spacial score (nSPS) is 23.7. The number of anilines is 1. The average Bonchev–Trinajstić information content (AvgIpc) is 2.90. The molecule has 1 atom stereocenters. The fourth-order valence-electron chi connectivity index (χ4n) is 4.20. The van der Waals surface area contributed by atoms with E-state index in [4.69, 9.17) is 14.7 Å². The highest BCUT2D eigenvalue weighted by molar-refractivity contribution is 7.91. The van der Waals surface area contributed by atoms with Crippen molar-refractivity contribution >= 4 is 27.5 Å². The maximum absolute atomic E-state index is 13.6. The lowest BCUT2D eigenvalue weighted by molar-refractivity contribution is -0.120. The highest BCUT2D eigenvalue weighted by Gasteiger charge is 2.64. The molecule has 1 unspecified atom stereocenters. The number of ether oxygens (including phenoxy) is 1. The summed E-state index contributed by atoms with van der Waals surface area (Å²) in [5.41, 5.74) is 4.92. The summed E-state index contributed by atoms with van der Waals surface area (Å²) in [6.07, 6.45) is 0. The minimum Gasteiger partial charge on any atom is -0.438 e. The molecule has 144 valence electrons. The summed E-state index contributed by atoms with van der Waals surface area (Å²) in [5, 5.41) is 9.88. The summed E-state index contributed by atoms with van der Waals surface area (Å²) in [6.45, 7) is 0. The molecule has 0 saturated heterocycles. The molecule has 3 heterocycles. The van der Waals surface area contributed by atoms with E-state index in [2.05, 4.69) is 0 Å². The van der Waals surface area contributed by atoms with E-state index in [1.807, 2.05) is 6.07 Å². The number of amides is 1. The second-order valence-electron chi connectivity index (χ2n) is 6.78. The number of carbonyl (C=O) groups excluding carboxylic acids is 1. The molecular weight excluding hydrogens is 394 g/mol. The van der Waals surface area contributed by atoms with Crippen molar-refractivity contribution in [2.24, 2.45) is 5.73 Å². The highest BCUT2D eigenvalue weighted by Crippen LogP contribution is 2.58. The summed E-state index contributed by atoms with van der Waals surface area (Å²) in [5.74, 6) is -0.999. The number of hydrogen-bond acceptors (Lipinski definition) is 7. The first-order valence-electron chi connectivity index (χ1n) is 8.58. The highest BCUT2D eigenvalue weighted by atomic mass is 32.2. The molecule has 0 aromatic heterocycles. The molecule has 0 fully saturated rings. The van der Waals surface area contributed by atoms with Crippen LogP contribution in [0.5, 0.6) is 5.75 Å². The molecule has 1 spiro atoms. The van der Waals surface area contributed by atoms with Crippen LogP contribution in [0.15, 0.2) is 64.9 Å². The van der Waals surface area contributed by atoms with Crippen LogP contribution in [-0.2, 0) is 25.1 Å². The monoisotopic (exact) mass is 407 g/mol. The summed E-state index contributed by atoms with van der Waals surface area (Å²) >= 11 is 0. The van der Waals surface area contributed by atoms with Crippen molar-refractivity contribution in [2.45, 2.75) is 5.41 Å². The van der Waals surface area contributed by atoms with Gasteiger partial charge in [0.2, 0.25) is 11.8 Å². The molecule has 1 amide bonds. The number of para-hydroxylation sites is 2. The zero-order chi connectivity index (χ0) is 20.6. The van der Waals surface area contributed by atoms with Gasteiger partial charge in [-0.1, -0.05) is 30.3 Å². The van der Waals surface area contributed by atoms with Gasteiger partial charge in [0, 0.05) is 18.3 Å². The number of nitrogens with two attached hydrogens (primary N) is 1. The van der Waals surface area contributed by atoms with E-state index in [1.54, 1.807) is 42.5 Å². The van der Waals surface area contributed by atoms with Crippen molar-refractivity contribution in [3.63, 3.8) is 0 Å². The molecule has 8 nitrogen and oxygen atoms in total. The largest absolute Gasteiger partial charge is 0.438 e. The van der Waals surface area contributed by atoms with E-state index in [0.717, 1.165) is 0 Å². The number of fused-ring (bicyclic) bond motifs is 5. The third-order valence-corrected chi connectivity index (χ3v) is 6.76. The Bertz CT molecular complexity index is 1340. The van der Waals surface area contributed by atoms with Crippen LogP contribution in [0.1, 0.15) is 11.1 Å². The van der Waals surface area contributed by atoms with Crippen molar-refractivity contribution in [1.29, 1.82) is 5.26 Å². The van der Waals surface area contributed by atoms with Crippen molar-refractivity contribution in [1.82, 2.24) is 0 Å². The molecule has 0 aliphatic carbocycles. The minimum absolute atomic E-state index is 0.0571. The summed E-state index contributed by atoms with van der Waals surface area (Å²) in [7, 11) is -2.97. The van der Waals surface area contributed by atoms with Gasteiger partial charge in [0.25, 0.3) is 0 Å². The molecule has 5 rings (SSSR count). The number of nitriles is 1. The molecule has 3 aliphatic heterocycles. The third-order valence-electron chi connectivity index (χ3n) is 5.37. The maximum Gasteiger partial charge on any atom is 0.340 e. The van der Waals surface area contributed by atoms with Crippen LogP contribution in [0, 0.1) is 11.3 Å². The Labute approximate surface area is 166 Å². The smallest absolute Gasteiger partial charge is 0.340 e. The Morgan fingerprint density at radius 2 is 1.83 bits per heavy atom. The van der Waals surface area contributed by atoms with E-state index in [-0.39, 0.29) is 23.0 Å². The van der Waals surface area contributed by atoms with Gasteiger partial charge in [-0.25, -0.2) is 0 Å². The van der Waals surface area contributed by atoms with Crippen molar-refractivity contribution < 1.29 is 22.1 Å². The zero-order valence-corrected chi connectivity index (χ0v) is 15.9. The Morgan fingerprint density at radius 3 is 2.59 bits per heavy atom. The van der Waals surface area contributed by atoms with Crippen molar-refractivity contribution in [3.05, 3.63) is 76.0 Å². The molecule has 3 aliphatic rings. The number of likely N-dealkylation sites (N-methyl/N-ethyl adjacent to an activating group) is 1. The Kier molecular flexibility index (Phi) is 3.23. The zero-order valence-electron chi connectivity index (χ0n) is 15.0. The second-order valence-corrected chi connectivity index (χ2v) is 8.26. The van der Waals surface area contributed by atoms with Crippen molar-refractivity contribution in [3.8, 4) is 11.8 Å². The molecule has 9 heteroatoms. The van der Waals surface area contributed by atoms with Crippen LogP contribution >= 0.6 is 0 Å². The van der Waals surface area contributed by atoms with Crippen LogP contribution < -0.4 is 14.8 Å². The minimum atomic E-state index is -4.49. The van der Waals surface area contributed by atoms with Gasteiger partial charge in [-0.15, -0.1) is 0 Å². The predicted molar refractivity (Wildman–Crippen MR) is 102 cm³/mol. The summed E-state index contributed by atoms with van der Waals surface area (Å²) in [6, 6.07) is 14.9.